The molecule has 174 valence electrons. The predicted molar refractivity (Wildman–Crippen MR) is 109 cm³/mol. The van der Waals surface area contributed by atoms with Gasteiger partial charge in [-0.3, -0.25) is 9.69 Å². The minimum absolute atomic E-state index is 0.188. The van der Waals surface area contributed by atoms with Crippen LogP contribution in [0.2, 0.25) is 0 Å². The average Bonchev–Trinajstić information content (AvgIpc) is 2.67. The van der Waals surface area contributed by atoms with Crippen LogP contribution in [0.3, 0.4) is 0 Å². The Balaban J connectivity index is 2.75. The molecule has 1 aliphatic rings. The number of aliphatic hydroxyl groups excluding tert-OH is 1. The predicted octanol–water partition coefficient (Wildman–Crippen LogP) is 0.471. The largest absolute Gasteiger partial charge is 0.446 e. The summed E-state index contributed by atoms with van der Waals surface area (Å²) in [7, 11) is 0. The summed E-state index contributed by atoms with van der Waals surface area (Å²) in [6, 6.07) is -1.04. The minimum Gasteiger partial charge on any atom is -0.446 e. The molecule has 0 radical (unpaired) electrons. The van der Waals surface area contributed by atoms with Gasteiger partial charge in [-0.25, -0.2) is 20.0 Å². The molecular weight excluding hydrogens is 396 g/mol. The topological polar surface area (TPSA) is 130 Å². The maximum atomic E-state index is 12.5. The first-order valence-corrected chi connectivity index (χ1v) is 10.4. The van der Waals surface area contributed by atoms with E-state index < -0.39 is 42.4 Å². The van der Waals surface area contributed by atoms with Gasteiger partial charge in [-0.1, -0.05) is 6.92 Å². The maximum Gasteiger partial charge on any atom is 0.429 e. The van der Waals surface area contributed by atoms with E-state index in [0.29, 0.717) is 26.3 Å². The van der Waals surface area contributed by atoms with Crippen molar-refractivity contribution in [2.45, 2.75) is 65.4 Å². The van der Waals surface area contributed by atoms with Crippen LogP contribution >= 0.6 is 0 Å². The second-order valence-corrected chi connectivity index (χ2v) is 7.53. The van der Waals surface area contributed by atoms with E-state index in [1.54, 1.807) is 34.6 Å². The van der Waals surface area contributed by atoms with Gasteiger partial charge < -0.3 is 24.6 Å². The van der Waals surface area contributed by atoms with Crippen LogP contribution in [0.25, 0.3) is 0 Å². The summed E-state index contributed by atoms with van der Waals surface area (Å²) in [6.07, 6.45) is -4.03. The Kier molecular flexibility index (Phi) is 11.4. The molecule has 0 aromatic carbocycles. The maximum absolute atomic E-state index is 12.5. The highest BCUT2D eigenvalue weighted by Crippen LogP contribution is 2.11. The van der Waals surface area contributed by atoms with E-state index in [2.05, 4.69) is 15.6 Å². The van der Waals surface area contributed by atoms with Gasteiger partial charge >= 0.3 is 12.2 Å². The average molecular weight is 433 g/mol. The number of ether oxygens (including phenoxy) is 3. The molecule has 1 unspecified atom stereocenters. The van der Waals surface area contributed by atoms with Crippen molar-refractivity contribution in [1.29, 1.82) is 0 Å². The lowest BCUT2D eigenvalue weighted by Gasteiger charge is -2.33. The first-order chi connectivity index (χ1) is 14.1. The summed E-state index contributed by atoms with van der Waals surface area (Å²) in [6.45, 7) is 12.1. The SMILES string of the molecule is CC[C@H](C(O)C(=O)NCCN1CCOCC1)N(NC(=O)OC(C)C)C(=O)OC(C)C. The second-order valence-electron chi connectivity index (χ2n) is 7.53. The van der Waals surface area contributed by atoms with Crippen molar-refractivity contribution in [3.63, 3.8) is 0 Å². The Morgan fingerprint density at radius 1 is 1.10 bits per heavy atom. The second kappa shape index (κ2) is 13.2. The number of nitrogens with one attached hydrogen (secondary N) is 2. The first kappa shape index (κ1) is 25.9. The molecule has 0 bridgehead atoms. The van der Waals surface area contributed by atoms with E-state index in [4.69, 9.17) is 14.2 Å². The number of hydrogen-bond acceptors (Lipinski definition) is 8. The fourth-order valence-corrected chi connectivity index (χ4v) is 2.85. The van der Waals surface area contributed by atoms with E-state index in [1.807, 2.05) is 0 Å². The van der Waals surface area contributed by atoms with Crippen molar-refractivity contribution < 1.29 is 33.7 Å². The number of amides is 3. The minimum atomic E-state index is -1.57. The highest BCUT2D eigenvalue weighted by molar-refractivity contribution is 5.82. The smallest absolute Gasteiger partial charge is 0.429 e. The molecule has 0 spiro atoms. The highest BCUT2D eigenvalue weighted by atomic mass is 16.6. The van der Waals surface area contributed by atoms with Gasteiger partial charge in [0.05, 0.1) is 31.5 Å². The van der Waals surface area contributed by atoms with Gasteiger partial charge in [-0.05, 0) is 34.1 Å². The normalized spacial score (nSPS) is 16.7. The van der Waals surface area contributed by atoms with Crippen molar-refractivity contribution in [3.05, 3.63) is 0 Å². The molecule has 30 heavy (non-hydrogen) atoms. The molecule has 1 fully saturated rings. The van der Waals surface area contributed by atoms with Crippen LogP contribution in [0.1, 0.15) is 41.0 Å². The molecule has 0 aliphatic carbocycles. The fraction of sp³-hybridized carbons (Fsp3) is 0.842. The van der Waals surface area contributed by atoms with Gasteiger partial charge in [-0.15, -0.1) is 0 Å². The molecule has 1 saturated heterocycles. The van der Waals surface area contributed by atoms with E-state index in [9.17, 15) is 19.5 Å². The molecule has 11 nitrogen and oxygen atoms in total. The fourth-order valence-electron chi connectivity index (χ4n) is 2.85. The number of aliphatic hydroxyl groups is 1. The van der Waals surface area contributed by atoms with Crippen LogP contribution in [-0.2, 0) is 19.0 Å². The monoisotopic (exact) mass is 432 g/mol. The molecule has 2 atom stereocenters. The quantitative estimate of drug-likeness (QED) is 0.449. The molecule has 3 amide bonds. The van der Waals surface area contributed by atoms with Crippen molar-refractivity contribution in [2.24, 2.45) is 0 Å². The third-order valence-electron chi connectivity index (χ3n) is 4.30. The van der Waals surface area contributed by atoms with Crippen LogP contribution in [0.4, 0.5) is 9.59 Å². The number of nitrogens with zero attached hydrogens (tertiary/aromatic N) is 2. The van der Waals surface area contributed by atoms with Crippen LogP contribution in [-0.4, -0.2) is 96.9 Å². The van der Waals surface area contributed by atoms with Gasteiger partial charge in [0.2, 0.25) is 0 Å². The van der Waals surface area contributed by atoms with E-state index in [0.717, 1.165) is 18.1 Å². The van der Waals surface area contributed by atoms with E-state index >= 15 is 0 Å². The molecule has 1 rings (SSSR count). The van der Waals surface area contributed by atoms with Crippen LogP contribution < -0.4 is 10.7 Å². The van der Waals surface area contributed by atoms with Gasteiger partial charge in [0.1, 0.15) is 0 Å². The van der Waals surface area contributed by atoms with Crippen LogP contribution in [0.15, 0.2) is 0 Å². The van der Waals surface area contributed by atoms with Crippen molar-refractivity contribution in [2.75, 3.05) is 39.4 Å². The third kappa shape index (κ3) is 9.14. The lowest BCUT2D eigenvalue weighted by molar-refractivity contribution is -0.133. The Morgan fingerprint density at radius 2 is 1.70 bits per heavy atom. The van der Waals surface area contributed by atoms with E-state index in [-0.39, 0.29) is 6.42 Å². The Labute approximate surface area is 178 Å². The van der Waals surface area contributed by atoms with Crippen molar-refractivity contribution >= 4 is 18.1 Å². The molecule has 0 aromatic heterocycles. The molecule has 0 saturated carbocycles. The number of carbonyl (C=O) groups excluding carboxylic acids is 3. The van der Waals surface area contributed by atoms with Gasteiger partial charge in [0.15, 0.2) is 6.10 Å². The summed E-state index contributed by atoms with van der Waals surface area (Å²) in [5.74, 6) is -0.642. The summed E-state index contributed by atoms with van der Waals surface area (Å²) in [5.41, 5.74) is 2.28. The van der Waals surface area contributed by atoms with Crippen molar-refractivity contribution in [1.82, 2.24) is 20.7 Å². The molecule has 1 aliphatic heterocycles. The van der Waals surface area contributed by atoms with E-state index in [1.165, 1.54) is 0 Å². The Bertz CT molecular complexity index is 553. The zero-order valence-electron chi connectivity index (χ0n) is 18.6. The molecule has 0 aromatic rings. The van der Waals surface area contributed by atoms with Gasteiger partial charge in [0, 0.05) is 26.2 Å². The Hall–Kier alpha value is -2.11. The molecule has 1 heterocycles. The summed E-state index contributed by atoms with van der Waals surface area (Å²) >= 11 is 0. The van der Waals surface area contributed by atoms with Crippen molar-refractivity contribution in [3.8, 4) is 0 Å². The summed E-state index contributed by atoms with van der Waals surface area (Å²) < 4.78 is 15.4. The summed E-state index contributed by atoms with van der Waals surface area (Å²) in [4.78, 5) is 39.1. The molecular formula is C19H36N4O7. The standard InChI is InChI=1S/C19H36N4O7/c1-6-15(16(24)17(25)20-7-8-22-9-11-28-12-10-22)23(19(27)30-14(4)5)21-18(26)29-13(2)3/h13-16,24H,6-12H2,1-5H3,(H,20,25)(H,21,26)/t15-,16?/m1/s1. The van der Waals surface area contributed by atoms with Crippen LogP contribution in [0, 0.1) is 0 Å². The number of hydrogen-bond donors (Lipinski definition) is 3. The first-order valence-electron chi connectivity index (χ1n) is 10.4. The zero-order chi connectivity index (χ0) is 22.7. The number of hydrazine groups is 1. The number of rotatable bonds is 9. The van der Waals surface area contributed by atoms with Gasteiger partial charge in [-0.2, -0.15) is 0 Å². The highest BCUT2D eigenvalue weighted by Gasteiger charge is 2.36. The third-order valence-corrected chi connectivity index (χ3v) is 4.30. The zero-order valence-corrected chi connectivity index (χ0v) is 18.6. The van der Waals surface area contributed by atoms with Crippen LogP contribution in [0.5, 0.6) is 0 Å². The lowest BCUT2D eigenvalue weighted by atomic mass is 10.1. The Morgan fingerprint density at radius 3 is 2.23 bits per heavy atom. The molecule has 3 N–H and O–H groups in total. The molecule has 11 heteroatoms. The summed E-state index contributed by atoms with van der Waals surface area (Å²) in [5, 5.41) is 14.1. The number of carbonyl (C=O) groups is 3. The number of morpholine rings is 1. The van der Waals surface area contributed by atoms with Gasteiger partial charge in [0.25, 0.3) is 5.91 Å². The lowest BCUT2D eigenvalue weighted by Crippen LogP contribution is -2.59.